The van der Waals surface area contributed by atoms with Gasteiger partial charge in [-0.3, -0.25) is 9.48 Å². The number of aromatic nitrogens is 2. The third kappa shape index (κ3) is 2.41. The molecular formula is C13H22N4O. The molecule has 1 amide bonds. The number of hydrogen-bond acceptors (Lipinski definition) is 3. The van der Waals surface area contributed by atoms with Crippen molar-refractivity contribution < 1.29 is 4.79 Å². The summed E-state index contributed by atoms with van der Waals surface area (Å²) in [7, 11) is 1.97. The Kier molecular flexibility index (Phi) is 4.01. The van der Waals surface area contributed by atoms with E-state index in [0.717, 1.165) is 31.6 Å². The second-order valence-corrected chi connectivity index (χ2v) is 4.78. The van der Waals surface area contributed by atoms with Gasteiger partial charge < -0.3 is 10.6 Å². The number of aryl methyl sites for hydroxylation is 2. The topological polar surface area (TPSA) is 59.0 Å². The number of hydrogen-bond donors (Lipinski definition) is 2. The lowest BCUT2D eigenvalue weighted by atomic mass is 10.0. The first kappa shape index (κ1) is 13.1. The van der Waals surface area contributed by atoms with Crippen LogP contribution in [0.4, 0.5) is 0 Å². The van der Waals surface area contributed by atoms with Crippen LogP contribution in [0.25, 0.3) is 0 Å². The van der Waals surface area contributed by atoms with Gasteiger partial charge in [-0.15, -0.1) is 0 Å². The van der Waals surface area contributed by atoms with Crippen LogP contribution in [0.2, 0.25) is 0 Å². The number of amides is 1. The fourth-order valence-corrected chi connectivity index (χ4v) is 2.39. The lowest BCUT2D eigenvalue weighted by Gasteiger charge is -2.25. The summed E-state index contributed by atoms with van der Waals surface area (Å²) in [6.45, 7) is 6.44. The van der Waals surface area contributed by atoms with E-state index in [0.29, 0.717) is 6.54 Å². The Labute approximate surface area is 108 Å². The summed E-state index contributed by atoms with van der Waals surface area (Å²) >= 11 is 0. The van der Waals surface area contributed by atoms with Crippen molar-refractivity contribution in [3.63, 3.8) is 0 Å². The van der Waals surface area contributed by atoms with Crippen molar-refractivity contribution in [3.8, 4) is 0 Å². The van der Waals surface area contributed by atoms with E-state index in [1.54, 1.807) is 0 Å². The predicted octanol–water partition coefficient (Wildman–Crippen LogP) is 0.381. The molecule has 18 heavy (non-hydrogen) atoms. The zero-order valence-corrected chi connectivity index (χ0v) is 11.4. The number of rotatable bonds is 5. The highest BCUT2D eigenvalue weighted by Crippen LogP contribution is 2.15. The Hall–Kier alpha value is -1.36. The van der Waals surface area contributed by atoms with E-state index in [1.165, 1.54) is 11.3 Å². The van der Waals surface area contributed by atoms with Crippen LogP contribution in [0.1, 0.15) is 30.8 Å². The number of nitrogens with one attached hydrogen (secondary N) is 2. The first-order valence-electron chi connectivity index (χ1n) is 6.69. The molecule has 2 rings (SSSR count). The van der Waals surface area contributed by atoms with E-state index in [4.69, 9.17) is 0 Å². The Morgan fingerprint density at radius 1 is 1.44 bits per heavy atom. The molecule has 100 valence electrons. The standard InChI is InChI=1S/C13H22N4O/c1-4-11-10(12(5-2)17(3)16-11)8-15-13(18)9-6-14-7-9/h9,14H,4-8H2,1-3H3,(H,15,18). The average molecular weight is 250 g/mol. The molecule has 1 aliphatic rings. The van der Waals surface area contributed by atoms with Crippen molar-refractivity contribution in [3.05, 3.63) is 17.0 Å². The summed E-state index contributed by atoms with van der Waals surface area (Å²) < 4.78 is 1.94. The lowest BCUT2D eigenvalue weighted by Crippen LogP contribution is -2.50. The molecule has 1 fully saturated rings. The molecule has 0 atom stereocenters. The third-order valence-electron chi connectivity index (χ3n) is 3.62. The highest BCUT2D eigenvalue weighted by molar-refractivity contribution is 5.80. The van der Waals surface area contributed by atoms with E-state index in [2.05, 4.69) is 29.6 Å². The normalized spacial score (nSPS) is 15.5. The third-order valence-corrected chi connectivity index (χ3v) is 3.62. The molecule has 5 heteroatoms. The fraction of sp³-hybridized carbons (Fsp3) is 0.692. The summed E-state index contributed by atoms with van der Waals surface area (Å²) in [4.78, 5) is 11.8. The van der Waals surface area contributed by atoms with E-state index in [9.17, 15) is 4.79 Å². The van der Waals surface area contributed by atoms with Gasteiger partial charge in [0.2, 0.25) is 5.91 Å². The second kappa shape index (κ2) is 5.52. The molecule has 0 saturated carbocycles. The molecule has 0 aliphatic carbocycles. The molecule has 1 aromatic rings. The number of carbonyl (C=O) groups is 1. The maximum atomic E-state index is 11.8. The summed E-state index contributed by atoms with van der Waals surface area (Å²) in [6.07, 6.45) is 1.85. The van der Waals surface area contributed by atoms with Crippen LogP contribution >= 0.6 is 0 Å². The van der Waals surface area contributed by atoms with Crippen molar-refractivity contribution in [1.82, 2.24) is 20.4 Å². The van der Waals surface area contributed by atoms with Crippen LogP contribution in [-0.4, -0.2) is 28.8 Å². The van der Waals surface area contributed by atoms with Gasteiger partial charge in [0.25, 0.3) is 0 Å². The van der Waals surface area contributed by atoms with Crippen LogP contribution in [0.15, 0.2) is 0 Å². The predicted molar refractivity (Wildman–Crippen MR) is 70.2 cm³/mol. The molecule has 5 nitrogen and oxygen atoms in total. The molecule has 1 aromatic heterocycles. The molecule has 0 bridgehead atoms. The van der Waals surface area contributed by atoms with Gasteiger partial charge in [0, 0.05) is 37.9 Å². The SMILES string of the molecule is CCc1nn(C)c(CC)c1CNC(=O)C1CNC1. The molecular weight excluding hydrogens is 228 g/mol. The van der Waals surface area contributed by atoms with Gasteiger partial charge in [-0.05, 0) is 12.8 Å². The quantitative estimate of drug-likeness (QED) is 0.794. The van der Waals surface area contributed by atoms with E-state index < -0.39 is 0 Å². The minimum Gasteiger partial charge on any atom is -0.352 e. The van der Waals surface area contributed by atoms with Gasteiger partial charge in [-0.25, -0.2) is 0 Å². The largest absolute Gasteiger partial charge is 0.352 e. The van der Waals surface area contributed by atoms with Gasteiger partial charge in [-0.2, -0.15) is 5.10 Å². The Morgan fingerprint density at radius 2 is 2.17 bits per heavy atom. The van der Waals surface area contributed by atoms with Crippen LogP contribution in [0.5, 0.6) is 0 Å². The molecule has 1 saturated heterocycles. The van der Waals surface area contributed by atoms with Crippen molar-refractivity contribution in [1.29, 1.82) is 0 Å². The zero-order chi connectivity index (χ0) is 13.1. The molecule has 2 heterocycles. The Bertz CT molecular complexity index is 434. The smallest absolute Gasteiger partial charge is 0.225 e. The van der Waals surface area contributed by atoms with Gasteiger partial charge in [-0.1, -0.05) is 13.8 Å². The van der Waals surface area contributed by atoms with Crippen molar-refractivity contribution in [2.75, 3.05) is 13.1 Å². The highest BCUT2D eigenvalue weighted by Gasteiger charge is 2.25. The minimum atomic E-state index is 0.150. The number of carbonyl (C=O) groups excluding carboxylic acids is 1. The van der Waals surface area contributed by atoms with Crippen LogP contribution in [0, 0.1) is 5.92 Å². The van der Waals surface area contributed by atoms with Crippen molar-refractivity contribution in [2.45, 2.75) is 33.2 Å². The molecule has 0 radical (unpaired) electrons. The van der Waals surface area contributed by atoms with Crippen molar-refractivity contribution in [2.24, 2.45) is 13.0 Å². The fourth-order valence-electron chi connectivity index (χ4n) is 2.39. The van der Waals surface area contributed by atoms with E-state index in [1.807, 2.05) is 11.7 Å². The Balaban J connectivity index is 2.05. The van der Waals surface area contributed by atoms with E-state index in [-0.39, 0.29) is 11.8 Å². The first-order chi connectivity index (χ1) is 8.67. The van der Waals surface area contributed by atoms with Gasteiger partial charge in [0.15, 0.2) is 0 Å². The van der Waals surface area contributed by atoms with Crippen molar-refractivity contribution >= 4 is 5.91 Å². The summed E-state index contributed by atoms with van der Waals surface area (Å²) in [5.41, 5.74) is 3.52. The van der Waals surface area contributed by atoms with Gasteiger partial charge in [0.05, 0.1) is 11.6 Å². The maximum absolute atomic E-state index is 11.8. The van der Waals surface area contributed by atoms with Crippen LogP contribution < -0.4 is 10.6 Å². The monoisotopic (exact) mass is 250 g/mol. The minimum absolute atomic E-state index is 0.150. The molecule has 0 aromatic carbocycles. The summed E-state index contributed by atoms with van der Waals surface area (Å²) in [6, 6.07) is 0. The lowest BCUT2D eigenvalue weighted by molar-refractivity contribution is -0.126. The Morgan fingerprint density at radius 3 is 2.67 bits per heavy atom. The maximum Gasteiger partial charge on any atom is 0.225 e. The molecule has 0 unspecified atom stereocenters. The van der Waals surface area contributed by atoms with Crippen LogP contribution in [-0.2, 0) is 31.2 Å². The molecule has 0 spiro atoms. The molecule has 2 N–H and O–H groups in total. The summed E-state index contributed by atoms with van der Waals surface area (Å²) in [5, 5.41) is 10.7. The number of nitrogens with zero attached hydrogens (tertiary/aromatic N) is 2. The summed E-state index contributed by atoms with van der Waals surface area (Å²) in [5.74, 6) is 0.304. The highest BCUT2D eigenvalue weighted by atomic mass is 16.2. The zero-order valence-electron chi connectivity index (χ0n) is 11.4. The van der Waals surface area contributed by atoms with Gasteiger partial charge in [0.1, 0.15) is 0 Å². The van der Waals surface area contributed by atoms with Gasteiger partial charge >= 0.3 is 0 Å². The van der Waals surface area contributed by atoms with Crippen LogP contribution in [0.3, 0.4) is 0 Å². The average Bonchev–Trinajstić information content (AvgIpc) is 2.59. The molecule has 1 aliphatic heterocycles. The van der Waals surface area contributed by atoms with E-state index >= 15 is 0 Å². The first-order valence-corrected chi connectivity index (χ1v) is 6.69. The second-order valence-electron chi connectivity index (χ2n) is 4.78.